The summed E-state index contributed by atoms with van der Waals surface area (Å²) in [5.41, 5.74) is 5.19. The first kappa shape index (κ1) is 20.0. The Bertz CT molecular complexity index is 1260. The molecule has 1 amide bonds. The van der Waals surface area contributed by atoms with E-state index in [0.29, 0.717) is 22.7 Å². The molecule has 2 heterocycles. The summed E-state index contributed by atoms with van der Waals surface area (Å²) in [6, 6.07) is 18.5. The Kier molecular flexibility index (Phi) is 5.54. The topological polar surface area (TPSA) is 104 Å². The van der Waals surface area contributed by atoms with E-state index in [1.807, 2.05) is 13.8 Å². The fourth-order valence-corrected chi connectivity index (χ4v) is 3.30. The number of carbonyl (C=O) groups is 1. The second kappa shape index (κ2) is 8.59. The van der Waals surface area contributed by atoms with Gasteiger partial charge in [0.15, 0.2) is 11.6 Å². The van der Waals surface area contributed by atoms with Crippen molar-refractivity contribution in [2.75, 3.05) is 5.32 Å². The molecule has 0 radical (unpaired) electrons. The fourth-order valence-electron chi connectivity index (χ4n) is 3.30. The predicted molar refractivity (Wildman–Crippen MR) is 116 cm³/mol. The molecule has 4 aromatic rings. The highest BCUT2D eigenvalue weighted by Gasteiger charge is 2.18. The summed E-state index contributed by atoms with van der Waals surface area (Å²) < 4.78 is 11.1. The first-order valence-corrected chi connectivity index (χ1v) is 9.66. The Labute approximate surface area is 179 Å². The number of ether oxygens (including phenoxy) is 1. The van der Waals surface area contributed by atoms with Gasteiger partial charge < -0.3 is 14.5 Å². The lowest BCUT2D eigenvalue weighted by atomic mass is 10.1. The summed E-state index contributed by atoms with van der Waals surface area (Å²) >= 11 is 0. The van der Waals surface area contributed by atoms with Crippen molar-refractivity contribution in [2.45, 2.75) is 20.5 Å². The second-order valence-corrected chi connectivity index (χ2v) is 7.20. The molecule has 0 aliphatic rings. The van der Waals surface area contributed by atoms with Gasteiger partial charge in [0, 0.05) is 17.2 Å². The summed E-state index contributed by atoms with van der Waals surface area (Å²) in [5, 5.41) is 18.9. The first-order valence-electron chi connectivity index (χ1n) is 9.66. The van der Waals surface area contributed by atoms with E-state index in [1.165, 1.54) is 6.26 Å². The van der Waals surface area contributed by atoms with Crippen LogP contribution in [0, 0.1) is 25.2 Å². The molecule has 0 saturated carbocycles. The number of H-pyrrole nitrogens is 1. The van der Waals surface area contributed by atoms with Crippen molar-refractivity contribution in [2.24, 2.45) is 0 Å². The van der Waals surface area contributed by atoms with Gasteiger partial charge in [-0.3, -0.25) is 9.89 Å². The number of amides is 1. The Morgan fingerprint density at radius 3 is 2.74 bits per heavy atom. The second-order valence-electron chi connectivity index (χ2n) is 7.20. The number of furan rings is 1. The molecule has 0 spiro atoms. The predicted octanol–water partition coefficient (Wildman–Crippen LogP) is 4.99. The molecule has 0 aliphatic carbocycles. The number of carbonyl (C=O) groups excluding carboxylic acids is 1. The third-order valence-electron chi connectivity index (χ3n) is 4.66. The van der Waals surface area contributed by atoms with E-state index in [0.717, 1.165) is 22.4 Å². The number of hydrogen-bond donors (Lipinski definition) is 2. The maximum atomic E-state index is 12.7. The SMILES string of the molecule is Cc1cc(C)cc(-c2cc(NC(=O)c3occc3COc3cccc(C#N)c3)n[nH]2)c1. The van der Waals surface area contributed by atoms with Gasteiger partial charge in [0.1, 0.15) is 12.4 Å². The number of aryl methyl sites for hydroxylation is 2. The van der Waals surface area contributed by atoms with Crippen LogP contribution in [0.1, 0.15) is 32.8 Å². The zero-order valence-corrected chi connectivity index (χ0v) is 17.1. The summed E-state index contributed by atoms with van der Waals surface area (Å²) in [7, 11) is 0. The molecule has 0 fully saturated rings. The molecule has 2 aromatic carbocycles. The molecule has 0 unspecified atom stereocenters. The number of aromatic amines is 1. The van der Waals surface area contributed by atoms with E-state index in [1.54, 1.807) is 36.4 Å². The summed E-state index contributed by atoms with van der Waals surface area (Å²) in [4.78, 5) is 12.7. The molecule has 2 aromatic heterocycles. The van der Waals surface area contributed by atoms with Crippen LogP contribution in [0.25, 0.3) is 11.3 Å². The van der Waals surface area contributed by atoms with Crippen LogP contribution >= 0.6 is 0 Å². The maximum absolute atomic E-state index is 12.7. The molecule has 0 saturated heterocycles. The molecular formula is C24H20N4O3. The maximum Gasteiger partial charge on any atom is 0.292 e. The smallest absolute Gasteiger partial charge is 0.292 e. The lowest BCUT2D eigenvalue weighted by molar-refractivity contribution is 0.0993. The number of rotatable bonds is 6. The molecule has 2 N–H and O–H groups in total. The van der Waals surface area contributed by atoms with Crippen LogP contribution in [-0.2, 0) is 6.61 Å². The molecule has 31 heavy (non-hydrogen) atoms. The van der Waals surface area contributed by atoms with Crippen molar-refractivity contribution in [3.63, 3.8) is 0 Å². The van der Waals surface area contributed by atoms with Crippen molar-refractivity contribution in [3.05, 3.63) is 88.9 Å². The number of hydrogen-bond acceptors (Lipinski definition) is 5. The van der Waals surface area contributed by atoms with Gasteiger partial charge in [-0.25, -0.2) is 0 Å². The van der Waals surface area contributed by atoms with Crippen molar-refractivity contribution in [1.29, 1.82) is 5.26 Å². The number of aromatic nitrogens is 2. The lowest BCUT2D eigenvalue weighted by Gasteiger charge is -2.06. The zero-order chi connectivity index (χ0) is 21.8. The summed E-state index contributed by atoms with van der Waals surface area (Å²) in [6.07, 6.45) is 1.44. The number of nitrogens with zero attached hydrogens (tertiary/aromatic N) is 2. The van der Waals surface area contributed by atoms with Crippen LogP contribution in [0.5, 0.6) is 5.75 Å². The van der Waals surface area contributed by atoms with Gasteiger partial charge in [-0.2, -0.15) is 10.4 Å². The average molecular weight is 412 g/mol. The Morgan fingerprint density at radius 2 is 1.97 bits per heavy atom. The molecule has 4 rings (SSSR count). The summed E-state index contributed by atoms with van der Waals surface area (Å²) in [6.45, 7) is 4.20. The van der Waals surface area contributed by atoms with Crippen molar-refractivity contribution in [1.82, 2.24) is 10.2 Å². The van der Waals surface area contributed by atoms with Gasteiger partial charge in [0.2, 0.25) is 0 Å². The molecule has 154 valence electrons. The quantitative estimate of drug-likeness (QED) is 0.464. The molecule has 0 atom stereocenters. The lowest BCUT2D eigenvalue weighted by Crippen LogP contribution is -2.14. The van der Waals surface area contributed by atoms with Crippen molar-refractivity contribution in [3.8, 4) is 23.1 Å². The van der Waals surface area contributed by atoms with Crippen LogP contribution in [0.3, 0.4) is 0 Å². The van der Waals surface area contributed by atoms with Crippen LogP contribution < -0.4 is 10.1 Å². The van der Waals surface area contributed by atoms with E-state index < -0.39 is 5.91 Å². The van der Waals surface area contributed by atoms with Crippen LogP contribution in [0.4, 0.5) is 5.82 Å². The Balaban J connectivity index is 1.45. The van der Waals surface area contributed by atoms with E-state index in [2.05, 4.69) is 39.8 Å². The van der Waals surface area contributed by atoms with Crippen LogP contribution in [0.2, 0.25) is 0 Å². The van der Waals surface area contributed by atoms with Gasteiger partial charge in [-0.1, -0.05) is 23.3 Å². The number of nitriles is 1. The highest BCUT2D eigenvalue weighted by atomic mass is 16.5. The van der Waals surface area contributed by atoms with Crippen LogP contribution in [-0.4, -0.2) is 16.1 Å². The number of nitrogens with one attached hydrogen (secondary N) is 2. The van der Waals surface area contributed by atoms with Gasteiger partial charge in [-0.05, 0) is 50.2 Å². The van der Waals surface area contributed by atoms with Gasteiger partial charge >= 0.3 is 0 Å². The monoisotopic (exact) mass is 412 g/mol. The Morgan fingerprint density at radius 1 is 1.16 bits per heavy atom. The number of benzene rings is 2. The highest BCUT2D eigenvalue weighted by molar-refractivity contribution is 6.02. The molecule has 0 bridgehead atoms. The Hall–Kier alpha value is -4.31. The molecule has 0 aliphatic heterocycles. The van der Waals surface area contributed by atoms with E-state index in [-0.39, 0.29) is 12.4 Å². The van der Waals surface area contributed by atoms with Crippen molar-refractivity contribution >= 4 is 11.7 Å². The van der Waals surface area contributed by atoms with E-state index in [4.69, 9.17) is 14.4 Å². The fraction of sp³-hybridized carbons (Fsp3) is 0.125. The third-order valence-corrected chi connectivity index (χ3v) is 4.66. The van der Waals surface area contributed by atoms with Crippen LogP contribution in [0.15, 0.2) is 65.3 Å². The van der Waals surface area contributed by atoms with E-state index >= 15 is 0 Å². The normalized spacial score (nSPS) is 10.5. The molecule has 7 nitrogen and oxygen atoms in total. The molecular weight excluding hydrogens is 392 g/mol. The standard InChI is InChI=1S/C24H20N4O3/c1-15-8-16(2)10-19(9-15)21-12-22(28-27-21)26-24(29)23-18(6-7-30-23)14-31-20-5-3-4-17(11-20)13-25/h3-12H,14H2,1-2H3,(H2,26,27,28,29). The number of anilines is 1. The zero-order valence-electron chi connectivity index (χ0n) is 17.1. The average Bonchev–Trinajstić information content (AvgIpc) is 3.41. The van der Waals surface area contributed by atoms with Gasteiger partial charge in [0.25, 0.3) is 5.91 Å². The minimum Gasteiger partial charge on any atom is -0.489 e. The van der Waals surface area contributed by atoms with Crippen molar-refractivity contribution < 1.29 is 13.9 Å². The van der Waals surface area contributed by atoms with Gasteiger partial charge in [0.05, 0.1) is 23.6 Å². The van der Waals surface area contributed by atoms with E-state index in [9.17, 15) is 4.79 Å². The molecule has 7 heteroatoms. The summed E-state index contributed by atoms with van der Waals surface area (Å²) in [5.74, 6) is 0.654. The first-order chi connectivity index (χ1) is 15.0. The third kappa shape index (κ3) is 4.65. The largest absolute Gasteiger partial charge is 0.489 e. The van der Waals surface area contributed by atoms with Gasteiger partial charge in [-0.15, -0.1) is 0 Å². The minimum atomic E-state index is -0.423. The minimum absolute atomic E-state index is 0.127. The highest BCUT2D eigenvalue weighted by Crippen LogP contribution is 2.23.